The van der Waals surface area contributed by atoms with Crippen LogP contribution < -0.4 is 5.32 Å². The standard InChI is InChI=1S/C19H27N3O3/c1-3-25-14-4-12-20-18(23)11-13-22-19(24)10-9-17(21-22)16-7-5-15(2)6-8-16/h5-8H,3-4,9-14H2,1-2H3,(H,20,23). The van der Waals surface area contributed by atoms with Gasteiger partial charge < -0.3 is 10.1 Å². The van der Waals surface area contributed by atoms with Gasteiger partial charge in [0.25, 0.3) is 0 Å². The van der Waals surface area contributed by atoms with Crippen LogP contribution in [0.2, 0.25) is 0 Å². The number of benzene rings is 1. The maximum atomic E-state index is 12.0. The molecule has 0 saturated heterocycles. The van der Waals surface area contributed by atoms with Crippen LogP contribution in [0.3, 0.4) is 0 Å². The van der Waals surface area contributed by atoms with Gasteiger partial charge in [-0.15, -0.1) is 0 Å². The van der Waals surface area contributed by atoms with Crippen LogP contribution in [0, 0.1) is 6.92 Å². The minimum Gasteiger partial charge on any atom is -0.382 e. The number of nitrogens with zero attached hydrogens (tertiary/aromatic N) is 2. The van der Waals surface area contributed by atoms with Crippen LogP contribution in [0.1, 0.15) is 43.7 Å². The number of hydrogen-bond acceptors (Lipinski definition) is 4. The Hall–Kier alpha value is -2.21. The molecule has 6 heteroatoms. The summed E-state index contributed by atoms with van der Waals surface area (Å²) in [6.07, 6.45) is 2.12. The summed E-state index contributed by atoms with van der Waals surface area (Å²) in [4.78, 5) is 23.9. The summed E-state index contributed by atoms with van der Waals surface area (Å²) in [7, 11) is 0. The third-order valence-electron chi connectivity index (χ3n) is 4.03. The maximum absolute atomic E-state index is 12.0. The van der Waals surface area contributed by atoms with Crippen molar-refractivity contribution in [3.63, 3.8) is 0 Å². The molecule has 25 heavy (non-hydrogen) atoms. The van der Waals surface area contributed by atoms with E-state index < -0.39 is 0 Å². The van der Waals surface area contributed by atoms with Crippen molar-refractivity contribution < 1.29 is 14.3 Å². The Morgan fingerprint density at radius 2 is 2.04 bits per heavy atom. The number of rotatable bonds is 9. The number of nitrogens with one attached hydrogen (secondary N) is 1. The lowest BCUT2D eigenvalue weighted by Crippen LogP contribution is -2.35. The number of aryl methyl sites for hydroxylation is 1. The second-order valence-corrected chi connectivity index (χ2v) is 6.08. The maximum Gasteiger partial charge on any atom is 0.243 e. The molecule has 0 aromatic heterocycles. The van der Waals surface area contributed by atoms with Crippen molar-refractivity contribution in [3.8, 4) is 0 Å². The second-order valence-electron chi connectivity index (χ2n) is 6.08. The first kappa shape index (κ1) is 19.1. The highest BCUT2D eigenvalue weighted by Gasteiger charge is 2.21. The predicted octanol–water partition coefficient (Wildman–Crippen LogP) is 2.25. The Bertz CT molecular complexity index is 611. The minimum absolute atomic E-state index is 0.0278. The molecular formula is C19H27N3O3. The van der Waals surface area contributed by atoms with E-state index in [1.165, 1.54) is 10.6 Å². The minimum atomic E-state index is -0.0676. The van der Waals surface area contributed by atoms with Gasteiger partial charge in [-0.25, -0.2) is 5.01 Å². The fourth-order valence-corrected chi connectivity index (χ4v) is 2.57. The fourth-order valence-electron chi connectivity index (χ4n) is 2.57. The van der Waals surface area contributed by atoms with E-state index in [4.69, 9.17) is 4.74 Å². The zero-order valence-corrected chi connectivity index (χ0v) is 15.1. The summed E-state index contributed by atoms with van der Waals surface area (Å²) < 4.78 is 5.22. The van der Waals surface area contributed by atoms with E-state index in [1.807, 2.05) is 38.1 Å². The van der Waals surface area contributed by atoms with Crippen molar-refractivity contribution in [2.45, 2.75) is 39.5 Å². The van der Waals surface area contributed by atoms with Gasteiger partial charge in [-0.05, 0) is 25.8 Å². The lowest BCUT2D eigenvalue weighted by atomic mass is 10.0. The van der Waals surface area contributed by atoms with E-state index in [1.54, 1.807) is 0 Å². The highest BCUT2D eigenvalue weighted by molar-refractivity contribution is 6.04. The number of carbonyl (C=O) groups excluding carboxylic acids is 2. The Kier molecular flexibility index (Phi) is 7.60. The normalized spacial score (nSPS) is 14.4. The van der Waals surface area contributed by atoms with Crippen LogP contribution in [0.25, 0.3) is 0 Å². The molecule has 2 amide bonds. The number of hydrazone groups is 1. The largest absolute Gasteiger partial charge is 0.382 e. The van der Waals surface area contributed by atoms with E-state index in [0.29, 0.717) is 39.1 Å². The van der Waals surface area contributed by atoms with E-state index in [2.05, 4.69) is 10.4 Å². The van der Waals surface area contributed by atoms with E-state index in [9.17, 15) is 9.59 Å². The van der Waals surface area contributed by atoms with Gasteiger partial charge in [0.05, 0.1) is 12.3 Å². The molecule has 2 rings (SSSR count). The molecule has 0 bridgehead atoms. The molecule has 1 aromatic rings. The highest BCUT2D eigenvalue weighted by atomic mass is 16.5. The lowest BCUT2D eigenvalue weighted by molar-refractivity contribution is -0.132. The molecule has 0 unspecified atom stereocenters. The van der Waals surface area contributed by atoms with Gasteiger partial charge in [-0.2, -0.15) is 5.10 Å². The van der Waals surface area contributed by atoms with Crippen LogP contribution in [0.5, 0.6) is 0 Å². The van der Waals surface area contributed by atoms with Crippen molar-refractivity contribution in [3.05, 3.63) is 35.4 Å². The summed E-state index contributed by atoms with van der Waals surface area (Å²) in [5, 5.41) is 8.72. The van der Waals surface area contributed by atoms with Gasteiger partial charge in [0.2, 0.25) is 11.8 Å². The molecule has 1 N–H and O–H groups in total. The smallest absolute Gasteiger partial charge is 0.243 e. The first-order valence-corrected chi connectivity index (χ1v) is 8.89. The number of carbonyl (C=O) groups is 2. The monoisotopic (exact) mass is 345 g/mol. The number of ether oxygens (including phenoxy) is 1. The molecule has 0 aliphatic carbocycles. The lowest BCUT2D eigenvalue weighted by Gasteiger charge is -2.23. The van der Waals surface area contributed by atoms with Gasteiger partial charge in [0.15, 0.2) is 0 Å². The van der Waals surface area contributed by atoms with Crippen molar-refractivity contribution in [1.82, 2.24) is 10.3 Å². The first-order valence-electron chi connectivity index (χ1n) is 8.89. The van der Waals surface area contributed by atoms with Gasteiger partial charge >= 0.3 is 0 Å². The van der Waals surface area contributed by atoms with Crippen LogP contribution in [0.4, 0.5) is 0 Å². The quantitative estimate of drug-likeness (QED) is 0.698. The van der Waals surface area contributed by atoms with Gasteiger partial charge in [0.1, 0.15) is 0 Å². The van der Waals surface area contributed by atoms with Crippen molar-refractivity contribution >= 4 is 17.5 Å². The van der Waals surface area contributed by atoms with Crippen LogP contribution in [-0.4, -0.2) is 48.8 Å². The Morgan fingerprint density at radius 1 is 1.28 bits per heavy atom. The third kappa shape index (κ3) is 6.31. The zero-order chi connectivity index (χ0) is 18.1. The fraction of sp³-hybridized carbons (Fsp3) is 0.526. The molecule has 1 heterocycles. The Labute approximate surface area is 149 Å². The second kappa shape index (κ2) is 9.93. The summed E-state index contributed by atoms with van der Waals surface area (Å²) in [6, 6.07) is 8.11. The van der Waals surface area contributed by atoms with Crippen LogP contribution in [0.15, 0.2) is 29.4 Å². The zero-order valence-electron chi connectivity index (χ0n) is 15.1. The highest BCUT2D eigenvalue weighted by Crippen LogP contribution is 2.16. The summed E-state index contributed by atoms with van der Waals surface area (Å²) in [5.41, 5.74) is 3.12. The molecule has 1 aromatic carbocycles. The molecule has 0 fully saturated rings. The molecule has 1 aliphatic rings. The van der Waals surface area contributed by atoms with Crippen molar-refractivity contribution in [2.24, 2.45) is 5.10 Å². The van der Waals surface area contributed by atoms with Crippen molar-refractivity contribution in [1.29, 1.82) is 0 Å². The molecular weight excluding hydrogens is 318 g/mol. The SMILES string of the molecule is CCOCCCNC(=O)CCN1N=C(c2ccc(C)cc2)CCC1=O. The molecule has 136 valence electrons. The average Bonchev–Trinajstić information content (AvgIpc) is 2.61. The predicted molar refractivity (Wildman–Crippen MR) is 97.4 cm³/mol. The van der Waals surface area contributed by atoms with Crippen LogP contribution >= 0.6 is 0 Å². The molecule has 0 atom stereocenters. The Balaban J connectivity index is 1.83. The summed E-state index contributed by atoms with van der Waals surface area (Å²) in [6.45, 7) is 6.21. The summed E-state index contributed by atoms with van der Waals surface area (Å²) in [5.74, 6) is -0.0954. The topological polar surface area (TPSA) is 71.0 Å². The third-order valence-corrected chi connectivity index (χ3v) is 4.03. The molecule has 1 aliphatic heterocycles. The molecule has 0 radical (unpaired) electrons. The first-order chi connectivity index (χ1) is 12.1. The van der Waals surface area contributed by atoms with Gasteiger partial charge in [0, 0.05) is 39.0 Å². The molecule has 0 spiro atoms. The van der Waals surface area contributed by atoms with E-state index in [0.717, 1.165) is 17.7 Å². The van der Waals surface area contributed by atoms with Crippen LogP contribution in [-0.2, 0) is 14.3 Å². The molecule has 6 nitrogen and oxygen atoms in total. The Morgan fingerprint density at radius 3 is 2.76 bits per heavy atom. The summed E-state index contributed by atoms with van der Waals surface area (Å²) >= 11 is 0. The number of hydrogen-bond donors (Lipinski definition) is 1. The van der Waals surface area contributed by atoms with Gasteiger partial charge in [-0.1, -0.05) is 29.8 Å². The average molecular weight is 345 g/mol. The van der Waals surface area contributed by atoms with Gasteiger partial charge in [-0.3, -0.25) is 9.59 Å². The molecule has 0 saturated carbocycles. The number of amides is 2. The van der Waals surface area contributed by atoms with Crippen molar-refractivity contribution in [2.75, 3.05) is 26.3 Å². The van der Waals surface area contributed by atoms with E-state index in [-0.39, 0.29) is 18.2 Å². The van der Waals surface area contributed by atoms with E-state index >= 15 is 0 Å².